The highest BCUT2D eigenvalue weighted by atomic mass is 16.6. The van der Waals surface area contributed by atoms with Crippen LogP contribution in [0.2, 0.25) is 0 Å². The van der Waals surface area contributed by atoms with Gasteiger partial charge in [-0.05, 0) is 31.9 Å². The maximum atomic E-state index is 11.5. The van der Waals surface area contributed by atoms with Crippen molar-refractivity contribution < 1.29 is 4.92 Å². The standard InChI is InChI=1S/C16H19N5O2/c1-11-6-8-13(9-7-11)20-16-14(21(22)23)15(17-10-18-16)19-12-4-2-3-5-12/h6-10,12H,2-5H2,1H3,(H2,17,18,19,20). The molecule has 3 rings (SSSR count). The number of hydrogen-bond donors (Lipinski definition) is 2. The van der Waals surface area contributed by atoms with Crippen LogP contribution in [-0.4, -0.2) is 20.9 Å². The Balaban J connectivity index is 1.89. The molecule has 23 heavy (non-hydrogen) atoms. The Morgan fingerprint density at radius 2 is 1.78 bits per heavy atom. The average Bonchev–Trinajstić information content (AvgIpc) is 3.02. The number of nitrogens with one attached hydrogen (secondary N) is 2. The molecule has 2 N–H and O–H groups in total. The molecule has 1 saturated carbocycles. The van der Waals surface area contributed by atoms with E-state index in [1.54, 1.807) is 0 Å². The minimum atomic E-state index is -0.437. The van der Waals surface area contributed by atoms with Gasteiger partial charge < -0.3 is 10.6 Å². The van der Waals surface area contributed by atoms with Crippen molar-refractivity contribution in [3.8, 4) is 0 Å². The van der Waals surface area contributed by atoms with Crippen LogP contribution in [0.25, 0.3) is 0 Å². The van der Waals surface area contributed by atoms with E-state index in [9.17, 15) is 10.1 Å². The van der Waals surface area contributed by atoms with E-state index in [1.165, 1.54) is 6.33 Å². The van der Waals surface area contributed by atoms with E-state index in [-0.39, 0.29) is 23.4 Å². The Hall–Kier alpha value is -2.70. The number of anilines is 3. The second-order valence-electron chi connectivity index (χ2n) is 5.79. The number of benzene rings is 1. The predicted molar refractivity (Wildman–Crippen MR) is 89.0 cm³/mol. The molecular formula is C16H19N5O2. The lowest BCUT2D eigenvalue weighted by molar-refractivity contribution is -0.383. The fraction of sp³-hybridized carbons (Fsp3) is 0.375. The third-order valence-electron chi connectivity index (χ3n) is 4.02. The summed E-state index contributed by atoms with van der Waals surface area (Å²) in [7, 11) is 0. The van der Waals surface area contributed by atoms with Gasteiger partial charge in [0.1, 0.15) is 6.33 Å². The molecular weight excluding hydrogens is 294 g/mol. The zero-order valence-electron chi connectivity index (χ0n) is 13.0. The second-order valence-corrected chi connectivity index (χ2v) is 5.79. The van der Waals surface area contributed by atoms with Crippen molar-refractivity contribution in [1.82, 2.24) is 9.97 Å². The zero-order chi connectivity index (χ0) is 16.2. The molecule has 0 radical (unpaired) electrons. The highest BCUT2D eigenvalue weighted by Crippen LogP contribution is 2.33. The van der Waals surface area contributed by atoms with Gasteiger partial charge in [-0.25, -0.2) is 9.97 Å². The predicted octanol–water partition coefficient (Wildman–Crippen LogP) is 3.79. The van der Waals surface area contributed by atoms with Gasteiger partial charge in [0.2, 0.25) is 11.6 Å². The highest BCUT2D eigenvalue weighted by Gasteiger charge is 2.26. The van der Waals surface area contributed by atoms with E-state index in [1.807, 2.05) is 31.2 Å². The summed E-state index contributed by atoms with van der Waals surface area (Å²) in [6.07, 6.45) is 5.67. The summed E-state index contributed by atoms with van der Waals surface area (Å²) in [5.74, 6) is 0.487. The third-order valence-corrected chi connectivity index (χ3v) is 4.02. The molecule has 2 aromatic rings. The first-order valence-electron chi connectivity index (χ1n) is 7.73. The molecule has 120 valence electrons. The first-order valence-corrected chi connectivity index (χ1v) is 7.73. The maximum Gasteiger partial charge on any atom is 0.353 e. The van der Waals surface area contributed by atoms with Crippen LogP contribution < -0.4 is 10.6 Å². The van der Waals surface area contributed by atoms with Gasteiger partial charge in [-0.3, -0.25) is 10.1 Å². The van der Waals surface area contributed by atoms with Crippen molar-refractivity contribution in [2.24, 2.45) is 0 Å². The lowest BCUT2D eigenvalue weighted by atomic mass is 10.2. The molecule has 1 fully saturated rings. The SMILES string of the molecule is Cc1ccc(Nc2ncnc(NC3CCCC3)c2[N+](=O)[O-])cc1. The van der Waals surface area contributed by atoms with Crippen molar-refractivity contribution in [1.29, 1.82) is 0 Å². The van der Waals surface area contributed by atoms with Crippen molar-refractivity contribution in [3.63, 3.8) is 0 Å². The molecule has 0 unspecified atom stereocenters. The van der Waals surface area contributed by atoms with Crippen molar-refractivity contribution in [3.05, 3.63) is 46.3 Å². The van der Waals surface area contributed by atoms with Gasteiger partial charge in [-0.2, -0.15) is 0 Å². The number of nitrogens with zero attached hydrogens (tertiary/aromatic N) is 3. The molecule has 1 aliphatic rings. The molecule has 0 atom stereocenters. The van der Waals surface area contributed by atoms with Gasteiger partial charge in [0.05, 0.1) is 4.92 Å². The van der Waals surface area contributed by atoms with E-state index in [2.05, 4.69) is 20.6 Å². The van der Waals surface area contributed by atoms with E-state index in [0.717, 1.165) is 36.9 Å². The molecule has 0 bridgehead atoms. The van der Waals surface area contributed by atoms with Gasteiger partial charge in [-0.1, -0.05) is 30.5 Å². The highest BCUT2D eigenvalue weighted by molar-refractivity contribution is 5.73. The van der Waals surface area contributed by atoms with Crippen LogP contribution in [0.1, 0.15) is 31.2 Å². The summed E-state index contributed by atoms with van der Waals surface area (Å²) < 4.78 is 0. The number of rotatable bonds is 5. The molecule has 1 aromatic heterocycles. The van der Waals surface area contributed by atoms with Crippen LogP contribution in [0.3, 0.4) is 0 Å². The number of hydrogen-bond acceptors (Lipinski definition) is 6. The largest absolute Gasteiger partial charge is 0.361 e. The third kappa shape index (κ3) is 3.56. The number of aryl methyl sites for hydroxylation is 1. The lowest BCUT2D eigenvalue weighted by Gasteiger charge is -2.14. The van der Waals surface area contributed by atoms with Gasteiger partial charge in [0, 0.05) is 11.7 Å². The summed E-state index contributed by atoms with van der Waals surface area (Å²) >= 11 is 0. The van der Waals surface area contributed by atoms with Crippen molar-refractivity contribution in [2.45, 2.75) is 38.6 Å². The van der Waals surface area contributed by atoms with E-state index in [0.29, 0.717) is 0 Å². The fourth-order valence-electron chi connectivity index (χ4n) is 2.79. The van der Waals surface area contributed by atoms with Crippen LogP contribution in [0.5, 0.6) is 0 Å². The summed E-state index contributed by atoms with van der Waals surface area (Å²) in [6, 6.07) is 7.85. The van der Waals surface area contributed by atoms with Gasteiger partial charge in [0.25, 0.3) is 0 Å². The monoisotopic (exact) mass is 313 g/mol. The van der Waals surface area contributed by atoms with E-state index >= 15 is 0 Å². The molecule has 0 aliphatic heterocycles. The normalized spacial score (nSPS) is 14.7. The minimum absolute atomic E-state index is 0.111. The van der Waals surface area contributed by atoms with Gasteiger partial charge >= 0.3 is 5.69 Å². The van der Waals surface area contributed by atoms with Crippen LogP contribution in [0.4, 0.5) is 23.0 Å². The number of aromatic nitrogens is 2. The molecule has 0 amide bonds. The van der Waals surface area contributed by atoms with E-state index < -0.39 is 4.92 Å². The Morgan fingerprint density at radius 1 is 1.13 bits per heavy atom. The molecule has 1 aromatic carbocycles. The van der Waals surface area contributed by atoms with Crippen LogP contribution >= 0.6 is 0 Å². The topological polar surface area (TPSA) is 93.0 Å². The molecule has 7 heteroatoms. The van der Waals surface area contributed by atoms with E-state index in [4.69, 9.17) is 0 Å². The van der Waals surface area contributed by atoms with Crippen LogP contribution in [0.15, 0.2) is 30.6 Å². The first-order chi connectivity index (χ1) is 11.1. The van der Waals surface area contributed by atoms with Gasteiger partial charge in [0.15, 0.2) is 0 Å². The van der Waals surface area contributed by atoms with Crippen LogP contribution in [0, 0.1) is 17.0 Å². The van der Waals surface area contributed by atoms with Crippen molar-refractivity contribution in [2.75, 3.05) is 10.6 Å². The first kappa shape index (κ1) is 15.2. The average molecular weight is 313 g/mol. The fourth-order valence-corrected chi connectivity index (χ4v) is 2.79. The molecule has 0 saturated heterocycles. The Kier molecular flexibility index (Phi) is 4.36. The Bertz CT molecular complexity index is 696. The molecule has 1 aliphatic carbocycles. The summed E-state index contributed by atoms with van der Waals surface area (Å²) in [6.45, 7) is 1.99. The molecule has 1 heterocycles. The second kappa shape index (κ2) is 6.60. The smallest absolute Gasteiger partial charge is 0.353 e. The van der Waals surface area contributed by atoms with Crippen LogP contribution in [-0.2, 0) is 0 Å². The zero-order valence-corrected chi connectivity index (χ0v) is 13.0. The lowest BCUT2D eigenvalue weighted by Crippen LogP contribution is -2.17. The summed E-state index contributed by atoms with van der Waals surface area (Å²) in [4.78, 5) is 19.2. The maximum absolute atomic E-state index is 11.5. The summed E-state index contributed by atoms with van der Waals surface area (Å²) in [5.41, 5.74) is 1.76. The molecule has 0 spiro atoms. The minimum Gasteiger partial charge on any atom is -0.361 e. The Labute approximate surface area is 134 Å². The number of nitro groups is 1. The van der Waals surface area contributed by atoms with Crippen molar-refractivity contribution >= 4 is 23.0 Å². The Morgan fingerprint density at radius 3 is 2.43 bits per heavy atom. The molecule has 7 nitrogen and oxygen atoms in total. The quantitative estimate of drug-likeness (QED) is 0.644. The van der Waals surface area contributed by atoms with Gasteiger partial charge in [-0.15, -0.1) is 0 Å². The summed E-state index contributed by atoms with van der Waals surface area (Å²) in [5, 5.41) is 17.7.